The summed E-state index contributed by atoms with van der Waals surface area (Å²) < 4.78 is 36.0. The smallest absolute Gasteiger partial charge is 0.308 e. The highest BCUT2D eigenvalue weighted by molar-refractivity contribution is 7.92. The summed E-state index contributed by atoms with van der Waals surface area (Å²) in [5.41, 5.74) is 0.434. The predicted octanol–water partition coefficient (Wildman–Crippen LogP) is 0.625. The Bertz CT molecular complexity index is 801. The normalized spacial score (nSPS) is 20.9. The number of fused-ring (bicyclic) bond motifs is 1. The van der Waals surface area contributed by atoms with Crippen molar-refractivity contribution in [1.82, 2.24) is 4.90 Å². The Hall–Kier alpha value is -2.29. The molecule has 1 saturated heterocycles. The number of para-hydroxylation sites is 2. The molecule has 9 heteroatoms. The molecule has 1 fully saturated rings. The Balaban J connectivity index is 1.74. The molecule has 26 heavy (non-hydrogen) atoms. The van der Waals surface area contributed by atoms with Gasteiger partial charge < -0.3 is 14.4 Å². The topological polar surface area (TPSA) is 93.2 Å². The fraction of sp³-hybridized carbons (Fsp3) is 0.529. The minimum Gasteiger partial charge on any atom is -0.476 e. The van der Waals surface area contributed by atoms with E-state index in [2.05, 4.69) is 0 Å². The predicted molar refractivity (Wildman–Crippen MR) is 94.4 cm³/mol. The number of nitrogens with zero attached hydrogens (tertiary/aromatic N) is 2. The fourth-order valence-electron chi connectivity index (χ4n) is 3.35. The molecule has 0 spiro atoms. The van der Waals surface area contributed by atoms with Gasteiger partial charge in [-0.05, 0) is 25.0 Å². The van der Waals surface area contributed by atoms with Crippen LogP contribution in [0.15, 0.2) is 24.3 Å². The first-order valence-corrected chi connectivity index (χ1v) is 10.3. The van der Waals surface area contributed by atoms with Crippen LogP contribution in [0.2, 0.25) is 0 Å². The Kier molecular flexibility index (Phi) is 5.08. The number of hydrogen-bond donors (Lipinski definition) is 0. The largest absolute Gasteiger partial charge is 0.476 e. The van der Waals surface area contributed by atoms with Crippen LogP contribution in [-0.2, 0) is 24.3 Å². The molecule has 0 N–H and O–H groups in total. The van der Waals surface area contributed by atoms with E-state index in [-0.39, 0.29) is 24.3 Å². The molecule has 142 valence electrons. The van der Waals surface area contributed by atoms with Crippen molar-refractivity contribution < 1.29 is 27.5 Å². The van der Waals surface area contributed by atoms with Crippen LogP contribution in [0.1, 0.15) is 12.8 Å². The summed E-state index contributed by atoms with van der Waals surface area (Å²) >= 11 is 0. The van der Waals surface area contributed by atoms with Crippen LogP contribution in [0, 0.1) is 5.92 Å². The van der Waals surface area contributed by atoms with Crippen LogP contribution < -0.4 is 9.04 Å². The maximum absolute atomic E-state index is 12.8. The highest BCUT2D eigenvalue weighted by Gasteiger charge is 2.38. The molecule has 0 saturated carbocycles. The van der Waals surface area contributed by atoms with E-state index in [0.717, 1.165) is 6.26 Å². The van der Waals surface area contributed by atoms with E-state index in [1.54, 1.807) is 29.2 Å². The number of rotatable bonds is 3. The molecule has 0 aromatic heterocycles. The lowest BCUT2D eigenvalue weighted by atomic mass is 9.96. The Morgan fingerprint density at radius 1 is 1.19 bits per heavy atom. The third kappa shape index (κ3) is 3.62. The van der Waals surface area contributed by atoms with Gasteiger partial charge in [0.05, 0.1) is 31.5 Å². The van der Waals surface area contributed by atoms with Crippen molar-refractivity contribution in [2.45, 2.75) is 18.9 Å². The van der Waals surface area contributed by atoms with Crippen LogP contribution in [0.4, 0.5) is 5.69 Å². The van der Waals surface area contributed by atoms with Gasteiger partial charge >= 0.3 is 5.97 Å². The minimum absolute atomic E-state index is 0.0639. The molecule has 2 aliphatic heterocycles. The van der Waals surface area contributed by atoms with E-state index in [4.69, 9.17) is 9.47 Å². The van der Waals surface area contributed by atoms with Gasteiger partial charge in [0.2, 0.25) is 10.0 Å². The summed E-state index contributed by atoms with van der Waals surface area (Å²) in [5.74, 6) is -0.365. The van der Waals surface area contributed by atoms with E-state index in [1.165, 1.54) is 11.4 Å². The van der Waals surface area contributed by atoms with Crippen molar-refractivity contribution in [1.29, 1.82) is 0 Å². The summed E-state index contributed by atoms with van der Waals surface area (Å²) in [6.45, 7) is 0.767. The Morgan fingerprint density at radius 3 is 2.46 bits per heavy atom. The number of likely N-dealkylation sites (tertiary alicyclic amines) is 1. The molecule has 1 atom stereocenters. The van der Waals surface area contributed by atoms with Crippen molar-refractivity contribution >= 4 is 27.6 Å². The molecule has 2 heterocycles. The van der Waals surface area contributed by atoms with E-state index in [0.29, 0.717) is 37.4 Å². The van der Waals surface area contributed by atoms with Gasteiger partial charge in [0.15, 0.2) is 6.10 Å². The maximum atomic E-state index is 12.8. The number of piperidine rings is 1. The first-order chi connectivity index (χ1) is 12.3. The number of amides is 1. The molecule has 0 bridgehead atoms. The first-order valence-electron chi connectivity index (χ1n) is 8.41. The zero-order chi connectivity index (χ0) is 18.9. The number of carbonyl (C=O) groups excluding carboxylic acids is 2. The van der Waals surface area contributed by atoms with Gasteiger partial charge in [-0.1, -0.05) is 12.1 Å². The van der Waals surface area contributed by atoms with Crippen LogP contribution in [0.3, 0.4) is 0 Å². The van der Waals surface area contributed by atoms with Gasteiger partial charge in [-0.2, -0.15) is 0 Å². The number of methoxy groups -OCH3 is 1. The number of carbonyl (C=O) groups is 2. The van der Waals surface area contributed by atoms with Crippen molar-refractivity contribution in [2.75, 3.05) is 37.3 Å². The lowest BCUT2D eigenvalue weighted by molar-refractivity contribution is -0.150. The quantitative estimate of drug-likeness (QED) is 0.712. The van der Waals surface area contributed by atoms with Gasteiger partial charge in [-0.3, -0.25) is 13.9 Å². The molecular weight excluding hydrogens is 360 g/mol. The molecule has 1 aromatic carbocycles. The molecule has 1 aromatic rings. The first kappa shape index (κ1) is 18.5. The molecule has 3 rings (SSSR count). The van der Waals surface area contributed by atoms with Gasteiger partial charge in [0, 0.05) is 13.1 Å². The lowest BCUT2D eigenvalue weighted by Crippen LogP contribution is -2.53. The van der Waals surface area contributed by atoms with Gasteiger partial charge in [-0.15, -0.1) is 0 Å². The zero-order valence-electron chi connectivity index (χ0n) is 14.8. The van der Waals surface area contributed by atoms with Gasteiger partial charge in [-0.25, -0.2) is 8.42 Å². The highest BCUT2D eigenvalue weighted by atomic mass is 32.2. The lowest BCUT2D eigenvalue weighted by Gasteiger charge is -2.38. The van der Waals surface area contributed by atoms with Crippen molar-refractivity contribution in [3.05, 3.63) is 24.3 Å². The number of hydrogen-bond acceptors (Lipinski definition) is 6. The summed E-state index contributed by atoms with van der Waals surface area (Å²) in [5, 5.41) is 0. The number of esters is 1. The standard InChI is InChI=1S/C17H22N2O6S/c1-24-17(21)12-7-9-18(10-8-12)16(20)15-11-19(26(2,22)23)13-5-3-4-6-14(13)25-15/h3-6,12,15H,7-11H2,1-2H3/t15-/m1/s1. The maximum Gasteiger partial charge on any atom is 0.308 e. The monoisotopic (exact) mass is 382 g/mol. The van der Waals surface area contributed by atoms with Crippen LogP contribution in [0.5, 0.6) is 5.75 Å². The minimum atomic E-state index is -3.54. The molecular formula is C17H22N2O6S. The van der Waals surface area contributed by atoms with Crippen molar-refractivity contribution in [3.8, 4) is 5.75 Å². The van der Waals surface area contributed by atoms with Crippen LogP contribution in [0.25, 0.3) is 0 Å². The average Bonchev–Trinajstić information content (AvgIpc) is 2.65. The zero-order valence-corrected chi connectivity index (χ0v) is 15.6. The summed E-state index contributed by atoms with van der Waals surface area (Å²) in [6, 6.07) is 6.75. The third-order valence-electron chi connectivity index (χ3n) is 4.75. The number of sulfonamides is 1. The number of ether oxygens (including phenoxy) is 2. The molecule has 0 radical (unpaired) electrons. The van der Waals surface area contributed by atoms with Crippen LogP contribution >= 0.6 is 0 Å². The van der Waals surface area contributed by atoms with Crippen molar-refractivity contribution in [3.63, 3.8) is 0 Å². The third-order valence-corrected chi connectivity index (χ3v) is 5.90. The van der Waals surface area contributed by atoms with E-state index in [9.17, 15) is 18.0 Å². The molecule has 8 nitrogen and oxygen atoms in total. The van der Waals surface area contributed by atoms with Gasteiger partial charge in [0.1, 0.15) is 5.75 Å². The summed E-state index contributed by atoms with van der Waals surface area (Å²) in [7, 11) is -2.18. The SMILES string of the molecule is COC(=O)C1CCN(C(=O)[C@H]2CN(S(C)(=O)=O)c3ccccc3O2)CC1. The van der Waals surface area contributed by atoms with E-state index in [1.807, 2.05) is 0 Å². The molecule has 0 aliphatic carbocycles. The summed E-state index contributed by atoms with van der Waals surface area (Å²) in [6.07, 6.45) is 1.25. The molecule has 1 amide bonds. The van der Waals surface area contributed by atoms with E-state index >= 15 is 0 Å². The molecule has 0 unspecified atom stereocenters. The second-order valence-corrected chi connectivity index (χ2v) is 8.40. The Morgan fingerprint density at radius 2 is 1.85 bits per heavy atom. The average molecular weight is 382 g/mol. The number of benzene rings is 1. The van der Waals surface area contributed by atoms with Crippen molar-refractivity contribution in [2.24, 2.45) is 5.92 Å². The second kappa shape index (κ2) is 7.14. The second-order valence-electron chi connectivity index (χ2n) is 6.49. The van der Waals surface area contributed by atoms with Gasteiger partial charge in [0.25, 0.3) is 5.91 Å². The van der Waals surface area contributed by atoms with E-state index < -0.39 is 16.1 Å². The number of anilines is 1. The summed E-state index contributed by atoms with van der Waals surface area (Å²) in [4.78, 5) is 26.1. The van der Waals surface area contributed by atoms with Crippen LogP contribution in [-0.4, -0.2) is 64.3 Å². The highest BCUT2D eigenvalue weighted by Crippen LogP contribution is 2.35. The fourth-order valence-corrected chi connectivity index (χ4v) is 4.27. The molecule has 2 aliphatic rings. The Labute approximate surface area is 152 Å².